The monoisotopic (exact) mass is 191 g/mol. The van der Waals surface area contributed by atoms with Crippen LogP contribution in [-0.2, 0) is 9.47 Å². The Kier molecular flexibility index (Phi) is 7.54. The first-order valence-corrected chi connectivity index (χ1v) is 5.26. The van der Waals surface area contributed by atoms with Crippen LogP contribution in [0.3, 0.4) is 0 Å². The Morgan fingerprint density at radius 1 is 1.33 bits per heavy atom. The number of hydrogen-bond acceptors (Lipinski definition) is 4. The maximum Gasteiger partial charge on any atom is 0.206 e. The van der Waals surface area contributed by atoms with E-state index in [2.05, 4.69) is 4.99 Å². The molecule has 0 atom stereocenters. The van der Waals surface area contributed by atoms with Gasteiger partial charge in [-0.05, 0) is 20.1 Å². The summed E-state index contributed by atoms with van der Waals surface area (Å²) in [6.45, 7) is 5.17. The van der Waals surface area contributed by atoms with Crippen molar-refractivity contribution in [3.63, 3.8) is 0 Å². The summed E-state index contributed by atoms with van der Waals surface area (Å²) < 4.78 is 10.7. The van der Waals surface area contributed by atoms with Crippen LogP contribution in [0.1, 0.15) is 13.8 Å². The average molecular weight is 191 g/mol. The van der Waals surface area contributed by atoms with Crippen LogP contribution in [0.5, 0.6) is 0 Å². The normalized spacial score (nSPS) is 12.6. The molecule has 0 bridgehead atoms. The van der Waals surface area contributed by atoms with E-state index in [-0.39, 0.29) is 6.29 Å². The Morgan fingerprint density at radius 3 is 2.08 bits per heavy atom. The van der Waals surface area contributed by atoms with E-state index < -0.39 is 0 Å². The van der Waals surface area contributed by atoms with Crippen LogP contribution in [0.15, 0.2) is 4.99 Å². The molecular formula is C8H17NO2S. The van der Waals surface area contributed by atoms with Gasteiger partial charge in [-0.1, -0.05) is 0 Å². The SMILES string of the molecule is CCOC(OCC)C(=NC)SC. The van der Waals surface area contributed by atoms with Crippen molar-refractivity contribution in [3.8, 4) is 0 Å². The topological polar surface area (TPSA) is 30.8 Å². The van der Waals surface area contributed by atoms with Gasteiger partial charge in [-0.15, -0.1) is 11.8 Å². The van der Waals surface area contributed by atoms with Gasteiger partial charge in [-0.3, -0.25) is 4.99 Å². The van der Waals surface area contributed by atoms with E-state index in [1.54, 1.807) is 18.8 Å². The molecule has 0 fully saturated rings. The maximum atomic E-state index is 5.35. The first kappa shape index (κ1) is 11.9. The minimum Gasteiger partial charge on any atom is -0.347 e. The fraction of sp³-hybridized carbons (Fsp3) is 0.875. The van der Waals surface area contributed by atoms with Gasteiger partial charge in [-0.2, -0.15) is 0 Å². The van der Waals surface area contributed by atoms with Crippen LogP contribution >= 0.6 is 11.8 Å². The Hall–Kier alpha value is -0.0600. The van der Waals surface area contributed by atoms with Crippen LogP contribution in [0.25, 0.3) is 0 Å². The highest BCUT2D eigenvalue weighted by molar-refractivity contribution is 8.13. The van der Waals surface area contributed by atoms with E-state index in [1.807, 2.05) is 20.1 Å². The lowest BCUT2D eigenvalue weighted by Gasteiger charge is -2.16. The number of hydrogen-bond donors (Lipinski definition) is 0. The number of rotatable bonds is 5. The van der Waals surface area contributed by atoms with Crippen molar-refractivity contribution >= 4 is 16.8 Å². The molecule has 0 unspecified atom stereocenters. The van der Waals surface area contributed by atoms with Gasteiger partial charge >= 0.3 is 0 Å². The van der Waals surface area contributed by atoms with E-state index in [0.29, 0.717) is 13.2 Å². The molecule has 0 heterocycles. The van der Waals surface area contributed by atoms with Crippen molar-refractivity contribution in [1.29, 1.82) is 0 Å². The third kappa shape index (κ3) is 4.09. The molecule has 72 valence electrons. The van der Waals surface area contributed by atoms with Crippen LogP contribution in [-0.4, -0.2) is 37.9 Å². The van der Waals surface area contributed by atoms with Gasteiger partial charge in [0.2, 0.25) is 6.29 Å². The van der Waals surface area contributed by atoms with Gasteiger partial charge in [0.15, 0.2) is 0 Å². The predicted molar refractivity (Wildman–Crippen MR) is 53.9 cm³/mol. The molecule has 3 nitrogen and oxygen atoms in total. The molecule has 0 spiro atoms. The molecule has 0 aromatic rings. The highest BCUT2D eigenvalue weighted by Crippen LogP contribution is 2.08. The summed E-state index contributed by atoms with van der Waals surface area (Å²) in [6, 6.07) is 0. The molecule has 0 radical (unpaired) electrons. The zero-order chi connectivity index (χ0) is 9.40. The summed E-state index contributed by atoms with van der Waals surface area (Å²) in [5.41, 5.74) is 0. The Balaban J connectivity index is 4.06. The third-order valence-electron chi connectivity index (χ3n) is 1.27. The predicted octanol–water partition coefficient (Wildman–Crippen LogP) is 1.78. The largest absolute Gasteiger partial charge is 0.347 e. The van der Waals surface area contributed by atoms with Gasteiger partial charge in [0, 0.05) is 20.3 Å². The fourth-order valence-electron chi connectivity index (χ4n) is 0.786. The highest BCUT2D eigenvalue weighted by atomic mass is 32.2. The minimum absolute atomic E-state index is 0.278. The van der Waals surface area contributed by atoms with E-state index in [4.69, 9.17) is 9.47 Å². The lowest BCUT2D eigenvalue weighted by molar-refractivity contribution is -0.0879. The first-order valence-electron chi connectivity index (χ1n) is 4.03. The highest BCUT2D eigenvalue weighted by Gasteiger charge is 2.13. The molecule has 0 aliphatic carbocycles. The van der Waals surface area contributed by atoms with Crippen molar-refractivity contribution in [2.75, 3.05) is 26.5 Å². The Bertz CT molecular complexity index is 133. The van der Waals surface area contributed by atoms with Gasteiger partial charge in [0.05, 0.1) is 0 Å². The molecule has 0 saturated heterocycles. The molecule has 0 aromatic carbocycles. The summed E-state index contributed by atoms with van der Waals surface area (Å²) >= 11 is 1.56. The van der Waals surface area contributed by atoms with E-state index in [1.165, 1.54) is 0 Å². The lowest BCUT2D eigenvalue weighted by atomic mass is 10.6. The van der Waals surface area contributed by atoms with Crippen molar-refractivity contribution in [1.82, 2.24) is 0 Å². The number of nitrogens with zero attached hydrogens (tertiary/aromatic N) is 1. The van der Waals surface area contributed by atoms with Crippen LogP contribution in [0.4, 0.5) is 0 Å². The van der Waals surface area contributed by atoms with E-state index in [9.17, 15) is 0 Å². The van der Waals surface area contributed by atoms with E-state index >= 15 is 0 Å². The molecule has 4 heteroatoms. The number of ether oxygens (including phenoxy) is 2. The summed E-state index contributed by atoms with van der Waals surface area (Å²) in [5.74, 6) is 0. The van der Waals surface area contributed by atoms with Crippen LogP contribution < -0.4 is 0 Å². The molecule has 0 aliphatic heterocycles. The van der Waals surface area contributed by atoms with E-state index in [0.717, 1.165) is 5.04 Å². The minimum atomic E-state index is -0.278. The number of aliphatic imine (C=N–C) groups is 1. The van der Waals surface area contributed by atoms with Gasteiger partial charge < -0.3 is 9.47 Å². The molecule has 0 amide bonds. The van der Waals surface area contributed by atoms with Crippen LogP contribution in [0, 0.1) is 0 Å². The third-order valence-corrected chi connectivity index (χ3v) is 2.06. The molecular weight excluding hydrogens is 174 g/mol. The van der Waals surface area contributed by atoms with Crippen molar-refractivity contribution in [3.05, 3.63) is 0 Å². The molecule has 12 heavy (non-hydrogen) atoms. The van der Waals surface area contributed by atoms with Crippen molar-refractivity contribution in [2.45, 2.75) is 20.1 Å². The molecule has 0 aliphatic rings. The van der Waals surface area contributed by atoms with Crippen molar-refractivity contribution in [2.24, 2.45) is 4.99 Å². The molecule has 0 rings (SSSR count). The number of thioether (sulfide) groups is 1. The molecule has 0 saturated carbocycles. The second kappa shape index (κ2) is 7.58. The Morgan fingerprint density at radius 2 is 1.83 bits per heavy atom. The lowest BCUT2D eigenvalue weighted by Crippen LogP contribution is -2.25. The molecule has 0 aromatic heterocycles. The average Bonchev–Trinajstić information content (AvgIpc) is 2.07. The zero-order valence-electron chi connectivity index (χ0n) is 8.16. The zero-order valence-corrected chi connectivity index (χ0v) is 8.98. The van der Waals surface area contributed by atoms with Gasteiger partial charge in [0.1, 0.15) is 5.04 Å². The quantitative estimate of drug-likeness (QED) is 0.377. The van der Waals surface area contributed by atoms with Gasteiger partial charge in [0.25, 0.3) is 0 Å². The van der Waals surface area contributed by atoms with Gasteiger partial charge in [-0.25, -0.2) is 0 Å². The van der Waals surface area contributed by atoms with Crippen molar-refractivity contribution < 1.29 is 9.47 Å². The Labute approximate surface area is 78.5 Å². The second-order valence-electron chi connectivity index (χ2n) is 2.01. The first-order chi connectivity index (χ1) is 5.79. The second-order valence-corrected chi connectivity index (χ2v) is 2.84. The smallest absolute Gasteiger partial charge is 0.206 e. The fourth-order valence-corrected chi connectivity index (χ4v) is 1.30. The van der Waals surface area contributed by atoms with Crippen LogP contribution in [0.2, 0.25) is 0 Å². The standard InChI is InChI=1S/C8H17NO2S/c1-5-10-8(11-6-2)7(9-3)12-4/h8H,5-6H2,1-4H3. The summed E-state index contributed by atoms with van der Waals surface area (Å²) in [5, 5.41) is 0.888. The maximum absolute atomic E-state index is 5.35. The summed E-state index contributed by atoms with van der Waals surface area (Å²) in [6.07, 6.45) is 1.69. The summed E-state index contributed by atoms with van der Waals surface area (Å²) in [7, 11) is 1.75. The summed E-state index contributed by atoms with van der Waals surface area (Å²) in [4.78, 5) is 4.07. The molecule has 0 N–H and O–H groups in total.